The zero-order chi connectivity index (χ0) is 20.5. The zero-order valence-corrected chi connectivity index (χ0v) is 18.6. The van der Waals surface area contributed by atoms with Crippen molar-refractivity contribution in [3.63, 3.8) is 0 Å². The van der Waals surface area contributed by atoms with Gasteiger partial charge in [0.2, 0.25) is 6.79 Å². The summed E-state index contributed by atoms with van der Waals surface area (Å²) in [6.07, 6.45) is 4.09. The van der Waals surface area contributed by atoms with E-state index in [4.69, 9.17) is 9.47 Å². The van der Waals surface area contributed by atoms with Crippen LogP contribution in [0.25, 0.3) is 0 Å². The minimum atomic E-state index is -0.662. The largest absolute Gasteiger partial charge is 0.414 e. The van der Waals surface area contributed by atoms with Gasteiger partial charge in [-0.25, -0.2) is 9.59 Å². The monoisotopic (exact) mass is 452 g/mol. The second-order valence-corrected chi connectivity index (χ2v) is 9.66. The number of fused-ring (bicyclic) bond motifs is 2. The first-order valence-electron chi connectivity index (χ1n) is 9.80. The molecule has 154 valence electrons. The number of piperidine rings is 1. The van der Waals surface area contributed by atoms with Crippen molar-refractivity contribution in [1.82, 2.24) is 4.90 Å². The Labute approximate surface area is 175 Å². The van der Waals surface area contributed by atoms with Crippen LogP contribution >= 0.6 is 15.9 Å². The molecule has 28 heavy (non-hydrogen) atoms. The minimum absolute atomic E-state index is 0.0306. The number of ether oxygens (including phenoxy) is 2. The van der Waals surface area contributed by atoms with E-state index in [1.165, 1.54) is 0 Å². The maximum Gasteiger partial charge on any atom is 0.414 e. The number of benzene rings is 1. The van der Waals surface area contributed by atoms with Crippen molar-refractivity contribution in [3.05, 3.63) is 28.2 Å². The molecule has 2 aliphatic rings. The molecule has 0 aliphatic carbocycles. The molecule has 2 amide bonds. The minimum Gasteiger partial charge on any atom is -0.411 e. The fourth-order valence-electron chi connectivity index (χ4n) is 4.66. The van der Waals surface area contributed by atoms with Gasteiger partial charge in [0.15, 0.2) is 0 Å². The van der Waals surface area contributed by atoms with Crippen LogP contribution in [0.5, 0.6) is 0 Å². The predicted molar refractivity (Wildman–Crippen MR) is 111 cm³/mol. The van der Waals surface area contributed by atoms with E-state index >= 15 is 0 Å². The first-order valence-corrected chi connectivity index (χ1v) is 10.6. The second kappa shape index (κ2) is 7.93. The summed E-state index contributed by atoms with van der Waals surface area (Å²) in [7, 11) is 0. The van der Waals surface area contributed by atoms with E-state index in [0.29, 0.717) is 5.69 Å². The fraction of sp³-hybridized carbons (Fsp3) is 0.619. The molecule has 2 atom stereocenters. The number of hydrogen-bond acceptors (Lipinski definition) is 4. The highest BCUT2D eigenvalue weighted by atomic mass is 79.9. The molecule has 0 spiro atoms. The average Bonchev–Trinajstić information content (AvgIpc) is 2.84. The predicted octanol–water partition coefficient (Wildman–Crippen LogP) is 5.83. The Hall–Kier alpha value is -1.76. The molecular weight excluding hydrogens is 424 g/mol. The Morgan fingerprint density at radius 2 is 2.00 bits per heavy atom. The lowest BCUT2D eigenvalue weighted by molar-refractivity contribution is -0.0474. The maximum atomic E-state index is 12.8. The van der Waals surface area contributed by atoms with Gasteiger partial charge < -0.3 is 9.47 Å². The van der Waals surface area contributed by atoms with Crippen molar-refractivity contribution in [3.8, 4) is 0 Å². The van der Waals surface area contributed by atoms with Gasteiger partial charge in [0.1, 0.15) is 0 Å². The van der Waals surface area contributed by atoms with Crippen molar-refractivity contribution in [1.29, 1.82) is 0 Å². The van der Waals surface area contributed by atoms with Crippen molar-refractivity contribution >= 4 is 33.8 Å². The molecule has 1 aromatic carbocycles. The Morgan fingerprint density at radius 3 is 2.68 bits per heavy atom. The summed E-state index contributed by atoms with van der Waals surface area (Å²) in [5.41, 5.74) is 1.46. The van der Waals surface area contributed by atoms with Gasteiger partial charge in [0.05, 0.1) is 11.2 Å². The Bertz CT molecular complexity index is 757. The number of carbonyl (C=O) groups is 2. The summed E-state index contributed by atoms with van der Waals surface area (Å²) < 4.78 is 11.2. The molecule has 6 nitrogen and oxygen atoms in total. The number of halogens is 1. The van der Waals surface area contributed by atoms with Crippen molar-refractivity contribution in [2.75, 3.05) is 12.1 Å². The van der Waals surface area contributed by atoms with Crippen LogP contribution in [0, 0.1) is 12.3 Å². The Kier molecular flexibility index (Phi) is 5.94. The van der Waals surface area contributed by atoms with Gasteiger partial charge in [0, 0.05) is 10.5 Å². The molecule has 3 rings (SSSR count). The fourth-order valence-corrected chi connectivity index (χ4v) is 5.25. The third-order valence-electron chi connectivity index (χ3n) is 6.17. The van der Waals surface area contributed by atoms with Gasteiger partial charge in [-0.3, -0.25) is 10.2 Å². The first-order chi connectivity index (χ1) is 13.1. The summed E-state index contributed by atoms with van der Waals surface area (Å²) in [6, 6.07) is 5.79. The van der Waals surface area contributed by atoms with E-state index in [9.17, 15) is 9.59 Å². The molecule has 1 N–H and O–H groups in total. The smallest absolute Gasteiger partial charge is 0.411 e. The van der Waals surface area contributed by atoms with Crippen LogP contribution in [-0.4, -0.2) is 35.5 Å². The SMILES string of the molecule is Cc1ccc(NC(=O)OCOC(=O)N2C3CCCC2(C(C)(C)C)CC3)c(Br)c1. The third-order valence-corrected chi connectivity index (χ3v) is 6.83. The van der Waals surface area contributed by atoms with Gasteiger partial charge in [-0.2, -0.15) is 0 Å². The lowest BCUT2D eigenvalue weighted by Gasteiger charge is -2.51. The number of anilines is 1. The van der Waals surface area contributed by atoms with Gasteiger partial charge in [-0.15, -0.1) is 0 Å². The lowest BCUT2D eigenvalue weighted by atomic mass is 9.68. The normalized spacial score (nSPS) is 24.0. The second-order valence-electron chi connectivity index (χ2n) is 8.80. The molecule has 0 aromatic heterocycles. The van der Waals surface area contributed by atoms with E-state index in [0.717, 1.165) is 42.1 Å². The summed E-state index contributed by atoms with van der Waals surface area (Å²) in [4.78, 5) is 26.8. The summed E-state index contributed by atoms with van der Waals surface area (Å²) >= 11 is 3.40. The number of nitrogens with zero attached hydrogens (tertiary/aromatic N) is 1. The average molecular weight is 453 g/mol. The number of nitrogens with one attached hydrogen (secondary N) is 1. The lowest BCUT2D eigenvalue weighted by Crippen LogP contribution is -2.60. The van der Waals surface area contributed by atoms with E-state index in [1.54, 1.807) is 6.07 Å². The summed E-state index contributed by atoms with van der Waals surface area (Å²) in [5.74, 6) is 0. The van der Waals surface area contributed by atoms with E-state index in [2.05, 4.69) is 42.0 Å². The molecule has 2 bridgehead atoms. The van der Waals surface area contributed by atoms with Crippen LogP contribution in [0.15, 0.2) is 22.7 Å². The molecule has 2 aliphatic heterocycles. The highest BCUT2D eigenvalue weighted by Gasteiger charge is 2.57. The number of rotatable bonds is 3. The van der Waals surface area contributed by atoms with Gasteiger partial charge in [-0.05, 0) is 78.1 Å². The third kappa shape index (κ3) is 4.00. The highest BCUT2D eigenvalue weighted by molar-refractivity contribution is 9.10. The van der Waals surface area contributed by atoms with Crippen LogP contribution in [-0.2, 0) is 9.47 Å². The quantitative estimate of drug-likeness (QED) is 0.585. The molecular formula is C21H29BrN2O4. The van der Waals surface area contributed by atoms with Crippen LogP contribution in [0.2, 0.25) is 0 Å². The van der Waals surface area contributed by atoms with Gasteiger partial charge >= 0.3 is 12.2 Å². The van der Waals surface area contributed by atoms with Crippen LogP contribution in [0.4, 0.5) is 15.3 Å². The maximum absolute atomic E-state index is 12.8. The van der Waals surface area contributed by atoms with E-state index in [-0.39, 0.29) is 23.1 Å². The van der Waals surface area contributed by atoms with E-state index in [1.807, 2.05) is 24.0 Å². The standard InChI is InChI=1S/C21H29BrN2O4/c1-14-7-8-17(16(22)12-14)23-18(25)27-13-28-19(26)24-15-6-5-10-21(24,11-9-15)20(2,3)4/h7-8,12,15H,5-6,9-11,13H2,1-4H3,(H,23,25). The van der Waals surface area contributed by atoms with Crippen molar-refractivity contribution < 1.29 is 19.1 Å². The number of hydrogen-bond donors (Lipinski definition) is 1. The number of amides is 2. The first kappa shape index (κ1) is 21.0. The Morgan fingerprint density at radius 1 is 1.25 bits per heavy atom. The summed E-state index contributed by atoms with van der Waals surface area (Å²) in [6.45, 7) is 8.11. The van der Waals surface area contributed by atoms with E-state index < -0.39 is 12.9 Å². The zero-order valence-electron chi connectivity index (χ0n) is 17.0. The van der Waals surface area contributed by atoms with Crippen LogP contribution < -0.4 is 5.32 Å². The molecule has 2 fully saturated rings. The van der Waals surface area contributed by atoms with Crippen LogP contribution in [0.1, 0.15) is 58.4 Å². The molecule has 1 aromatic rings. The van der Waals surface area contributed by atoms with Crippen molar-refractivity contribution in [2.45, 2.75) is 71.4 Å². The molecule has 2 saturated heterocycles. The molecule has 0 radical (unpaired) electrons. The molecule has 2 unspecified atom stereocenters. The number of aryl methyl sites for hydroxylation is 1. The van der Waals surface area contributed by atoms with Gasteiger partial charge in [0.25, 0.3) is 0 Å². The number of carbonyl (C=O) groups excluding carboxylic acids is 2. The molecule has 0 saturated carbocycles. The van der Waals surface area contributed by atoms with Crippen LogP contribution in [0.3, 0.4) is 0 Å². The Balaban J connectivity index is 1.56. The summed E-state index contributed by atoms with van der Waals surface area (Å²) in [5, 5.41) is 2.64. The topological polar surface area (TPSA) is 67.9 Å². The molecule has 2 heterocycles. The van der Waals surface area contributed by atoms with Crippen molar-refractivity contribution in [2.24, 2.45) is 5.41 Å². The molecule has 7 heteroatoms. The highest BCUT2D eigenvalue weighted by Crippen LogP contribution is 2.53. The van der Waals surface area contributed by atoms with Gasteiger partial charge in [-0.1, -0.05) is 26.8 Å².